The molecule has 35 heavy (non-hydrogen) atoms. The summed E-state index contributed by atoms with van der Waals surface area (Å²) in [5.41, 5.74) is 0.666. The number of anilines is 2. The highest BCUT2D eigenvalue weighted by atomic mass is 19.4. The van der Waals surface area contributed by atoms with E-state index >= 15 is 0 Å². The van der Waals surface area contributed by atoms with Crippen LogP contribution in [0.25, 0.3) is 0 Å². The highest BCUT2D eigenvalue weighted by Crippen LogP contribution is 2.45. The van der Waals surface area contributed by atoms with Crippen molar-refractivity contribution in [2.24, 2.45) is 11.3 Å². The van der Waals surface area contributed by atoms with E-state index in [9.17, 15) is 22.8 Å². The molecule has 2 fully saturated rings. The molecule has 8 heteroatoms. The van der Waals surface area contributed by atoms with Gasteiger partial charge in [-0.05, 0) is 62.8 Å². The van der Waals surface area contributed by atoms with E-state index in [0.29, 0.717) is 6.42 Å². The molecule has 5 nitrogen and oxygen atoms in total. The fourth-order valence-corrected chi connectivity index (χ4v) is 5.07. The summed E-state index contributed by atoms with van der Waals surface area (Å²) in [6.07, 6.45) is -1.76. The van der Waals surface area contributed by atoms with E-state index in [0.717, 1.165) is 48.2 Å². The van der Waals surface area contributed by atoms with Gasteiger partial charge in [0.05, 0.1) is 23.0 Å². The summed E-state index contributed by atoms with van der Waals surface area (Å²) in [4.78, 5) is 28.6. The van der Waals surface area contributed by atoms with Crippen molar-refractivity contribution >= 4 is 23.2 Å². The molecule has 0 bridgehead atoms. The number of para-hydroxylation sites is 1. The van der Waals surface area contributed by atoms with Gasteiger partial charge in [-0.25, -0.2) is 0 Å². The van der Waals surface area contributed by atoms with Crippen molar-refractivity contribution < 1.29 is 27.5 Å². The number of nitrogens with one attached hydrogen (secondary N) is 1. The third-order valence-corrected chi connectivity index (χ3v) is 7.54. The average Bonchev–Trinajstić information content (AvgIpc) is 3.01. The monoisotopic (exact) mass is 488 g/mol. The number of benzene rings is 2. The second-order valence-electron chi connectivity index (χ2n) is 9.76. The molecule has 1 unspecified atom stereocenters. The van der Waals surface area contributed by atoms with E-state index in [1.54, 1.807) is 11.8 Å². The zero-order valence-electron chi connectivity index (χ0n) is 20.5. The number of amides is 2. The van der Waals surface area contributed by atoms with E-state index in [2.05, 4.69) is 5.32 Å². The summed E-state index contributed by atoms with van der Waals surface area (Å²) in [5, 5.41) is 2.69. The van der Waals surface area contributed by atoms with E-state index in [-0.39, 0.29) is 30.0 Å². The molecule has 1 saturated heterocycles. The smallest absolute Gasteiger partial charge is 0.416 e. The van der Waals surface area contributed by atoms with Gasteiger partial charge in [0.15, 0.2) is 0 Å². The molecule has 188 valence electrons. The predicted octanol–water partition coefficient (Wildman–Crippen LogP) is 6.27. The van der Waals surface area contributed by atoms with Crippen molar-refractivity contribution in [1.82, 2.24) is 0 Å². The summed E-state index contributed by atoms with van der Waals surface area (Å²) < 4.78 is 46.4. The Kier molecular flexibility index (Phi) is 6.60. The lowest BCUT2D eigenvalue weighted by atomic mass is 9.75. The van der Waals surface area contributed by atoms with Gasteiger partial charge in [-0.15, -0.1) is 0 Å². The van der Waals surface area contributed by atoms with Gasteiger partial charge in [0.1, 0.15) is 5.75 Å². The lowest BCUT2D eigenvalue weighted by Crippen LogP contribution is -2.42. The standard InChI is InChI=1S/C27H31F3N2O3/c1-5-26(15-32(24(33)18(26)4)23-16(2)8-6-9-17(23)3)25(34)31-20-12-19(27(28,29)30)13-22(14-20)35-21-10-7-11-21/h6,8-9,12-14,18,21H,5,7,10-11,15H2,1-4H3,(H,31,34)/t18?,26-/m1/s1. The van der Waals surface area contributed by atoms with Crippen LogP contribution in [-0.2, 0) is 15.8 Å². The Morgan fingerprint density at radius 1 is 1.17 bits per heavy atom. The summed E-state index contributed by atoms with van der Waals surface area (Å²) in [6.45, 7) is 7.54. The number of rotatable bonds is 6. The Hall–Kier alpha value is -3.03. The molecule has 0 aromatic heterocycles. The molecular formula is C27H31F3N2O3. The number of carbonyl (C=O) groups is 2. The van der Waals surface area contributed by atoms with Crippen LogP contribution < -0.4 is 15.0 Å². The van der Waals surface area contributed by atoms with Crippen LogP contribution >= 0.6 is 0 Å². The van der Waals surface area contributed by atoms with E-state index in [1.807, 2.05) is 39.0 Å². The molecule has 2 atom stereocenters. The Morgan fingerprint density at radius 3 is 2.37 bits per heavy atom. The first kappa shape index (κ1) is 25.1. The van der Waals surface area contributed by atoms with E-state index in [4.69, 9.17) is 4.74 Å². The molecule has 1 saturated carbocycles. The molecule has 0 spiro atoms. The van der Waals surface area contributed by atoms with Crippen LogP contribution in [0.1, 0.15) is 56.2 Å². The summed E-state index contributed by atoms with van der Waals surface area (Å²) in [7, 11) is 0. The van der Waals surface area contributed by atoms with Crippen LogP contribution in [-0.4, -0.2) is 24.5 Å². The maximum atomic E-state index is 13.6. The number of aryl methyl sites for hydroxylation is 2. The first-order chi connectivity index (χ1) is 16.5. The first-order valence-electron chi connectivity index (χ1n) is 12.0. The zero-order chi connectivity index (χ0) is 25.5. The van der Waals surface area contributed by atoms with Crippen LogP contribution in [0.4, 0.5) is 24.5 Å². The largest absolute Gasteiger partial charge is 0.490 e. The summed E-state index contributed by atoms with van der Waals surface area (Å²) >= 11 is 0. The molecule has 2 aliphatic rings. The number of hydrogen-bond acceptors (Lipinski definition) is 3. The fourth-order valence-electron chi connectivity index (χ4n) is 5.07. The van der Waals surface area contributed by atoms with Crippen molar-refractivity contribution in [2.75, 3.05) is 16.8 Å². The topological polar surface area (TPSA) is 58.6 Å². The fraction of sp³-hybridized carbons (Fsp3) is 0.481. The minimum absolute atomic E-state index is 0.0112. The van der Waals surface area contributed by atoms with Gasteiger partial charge in [0.25, 0.3) is 0 Å². The third kappa shape index (κ3) is 4.62. The minimum atomic E-state index is -4.59. The molecule has 2 amide bonds. The van der Waals surface area contributed by atoms with Gasteiger partial charge in [-0.2, -0.15) is 13.2 Å². The van der Waals surface area contributed by atoms with Crippen LogP contribution in [0.2, 0.25) is 0 Å². The van der Waals surface area contributed by atoms with Gasteiger partial charge >= 0.3 is 6.18 Å². The molecule has 4 rings (SSSR count). The summed E-state index contributed by atoms with van der Waals surface area (Å²) in [6, 6.07) is 9.05. The maximum Gasteiger partial charge on any atom is 0.416 e. The number of ether oxygens (including phenoxy) is 1. The average molecular weight is 489 g/mol. The molecule has 2 aromatic rings. The van der Waals surface area contributed by atoms with E-state index < -0.39 is 29.0 Å². The molecule has 1 N–H and O–H groups in total. The number of carbonyl (C=O) groups excluding carboxylic acids is 2. The highest BCUT2D eigenvalue weighted by Gasteiger charge is 2.54. The van der Waals surface area contributed by atoms with Gasteiger partial charge in [-0.1, -0.05) is 32.0 Å². The molecule has 1 aliphatic carbocycles. The normalized spacial score (nSPS) is 22.8. The van der Waals surface area contributed by atoms with Gasteiger partial charge in [0, 0.05) is 24.0 Å². The number of alkyl halides is 3. The van der Waals surface area contributed by atoms with Crippen LogP contribution in [0.3, 0.4) is 0 Å². The first-order valence-corrected chi connectivity index (χ1v) is 12.0. The second-order valence-corrected chi connectivity index (χ2v) is 9.76. The second kappa shape index (κ2) is 9.21. The zero-order valence-corrected chi connectivity index (χ0v) is 20.5. The SMILES string of the molecule is CC[C@@]1(C(=O)Nc2cc(OC3CCC3)cc(C(F)(F)F)c2)CN(c2c(C)cccc2C)C(=O)C1C. The van der Waals surface area contributed by atoms with Crippen LogP contribution in [0, 0.1) is 25.2 Å². The van der Waals surface area contributed by atoms with E-state index in [1.165, 1.54) is 6.07 Å². The molecule has 0 radical (unpaired) electrons. The van der Waals surface area contributed by atoms with Gasteiger partial charge in [0.2, 0.25) is 11.8 Å². The Bertz CT molecular complexity index is 1120. The van der Waals surface area contributed by atoms with Crippen molar-refractivity contribution in [1.29, 1.82) is 0 Å². The Balaban J connectivity index is 1.65. The van der Waals surface area contributed by atoms with Gasteiger partial charge < -0.3 is 15.0 Å². The predicted molar refractivity (Wildman–Crippen MR) is 128 cm³/mol. The molecule has 1 heterocycles. The number of nitrogens with zero attached hydrogens (tertiary/aromatic N) is 1. The van der Waals surface area contributed by atoms with Crippen molar-refractivity contribution in [2.45, 2.75) is 65.7 Å². The Morgan fingerprint density at radius 2 is 1.83 bits per heavy atom. The van der Waals surface area contributed by atoms with Crippen molar-refractivity contribution in [3.63, 3.8) is 0 Å². The number of hydrogen-bond donors (Lipinski definition) is 1. The lowest BCUT2D eigenvalue weighted by Gasteiger charge is -2.30. The molecule has 2 aromatic carbocycles. The maximum absolute atomic E-state index is 13.6. The third-order valence-electron chi connectivity index (χ3n) is 7.54. The molecular weight excluding hydrogens is 457 g/mol. The summed E-state index contributed by atoms with van der Waals surface area (Å²) in [5.74, 6) is -1.19. The van der Waals surface area contributed by atoms with Crippen molar-refractivity contribution in [3.05, 3.63) is 53.1 Å². The van der Waals surface area contributed by atoms with Crippen LogP contribution in [0.15, 0.2) is 36.4 Å². The Labute approximate surface area is 203 Å². The number of halogens is 3. The van der Waals surface area contributed by atoms with Crippen LogP contribution in [0.5, 0.6) is 5.75 Å². The van der Waals surface area contributed by atoms with Crippen molar-refractivity contribution in [3.8, 4) is 5.75 Å². The molecule has 1 aliphatic heterocycles. The van der Waals surface area contributed by atoms with Gasteiger partial charge in [-0.3, -0.25) is 9.59 Å². The quantitative estimate of drug-likeness (QED) is 0.521. The lowest BCUT2D eigenvalue weighted by molar-refractivity contribution is -0.137. The minimum Gasteiger partial charge on any atom is -0.490 e. The highest BCUT2D eigenvalue weighted by molar-refractivity contribution is 6.07.